The monoisotopic (exact) mass is 572 g/mol. The SMILES string of the molecule is CCC1(COCCC[Si](C)(O[Si](C)(C)OC)O[Si](C)(O[SiH](C)C)C2CC3CC2C2CC=CC32)COC1. The van der Waals surface area contributed by atoms with Gasteiger partial charge in [-0.05, 0) is 101 Å². The van der Waals surface area contributed by atoms with Gasteiger partial charge in [-0.25, -0.2) is 0 Å². The predicted octanol–water partition coefficient (Wildman–Crippen LogP) is 5.95. The average Bonchev–Trinajstić information content (AvgIpc) is 3.48. The highest BCUT2D eigenvalue weighted by atomic mass is 28.5. The van der Waals surface area contributed by atoms with E-state index in [1.165, 1.54) is 19.3 Å². The van der Waals surface area contributed by atoms with Crippen LogP contribution in [-0.4, -0.2) is 68.3 Å². The molecule has 0 radical (unpaired) electrons. The molecule has 10 heteroatoms. The number of hydrogen-bond acceptors (Lipinski definition) is 6. The predicted molar refractivity (Wildman–Crippen MR) is 154 cm³/mol. The molecule has 36 heavy (non-hydrogen) atoms. The van der Waals surface area contributed by atoms with Gasteiger partial charge in [-0.1, -0.05) is 19.1 Å². The minimum Gasteiger partial charge on any atom is -0.439 e. The molecule has 7 atom stereocenters. The molecule has 2 saturated carbocycles. The third-order valence-corrected chi connectivity index (χ3v) is 24.5. The second-order valence-corrected chi connectivity index (χ2v) is 26.5. The number of rotatable bonds is 15. The van der Waals surface area contributed by atoms with E-state index in [0.717, 1.165) is 69.0 Å². The van der Waals surface area contributed by atoms with E-state index in [9.17, 15) is 0 Å². The van der Waals surface area contributed by atoms with Gasteiger partial charge in [0.2, 0.25) is 0 Å². The smallest absolute Gasteiger partial charge is 0.322 e. The van der Waals surface area contributed by atoms with Crippen LogP contribution < -0.4 is 0 Å². The molecule has 0 spiro atoms. The van der Waals surface area contributed by atoms with E-state index in [2.05, 4.69) is 58.4 Å². The van der Waals surface area contributed by atoms with Gasteiger partial charge in [0, 0.05) is 24.7 Å². The molecule has 0 N–H and O–H groups in total. The van der Waals surface area contributed by atoms with Crippen LogP contribution in [0.1, 0.15) is 39.0 Å². The summed E-state index contributed by atoms with van der Waals surface area (Å²) in [5.74, 6) is 3.20. The number of ether oxygens (including phenoxy) is 2. The highest BCUT2D eigenvalue weighted by Crippen LogP contribution is 2.64. The van der Waals surface area contributed by atoms with E-state index in [1.807, 2.05) is 0 Å². The second-order valence-electron chi connectivity index (χ2n) is 13.0. The van der Waals surface area contributed by atoms with Crippen LogP contribution in [-0.2, 0) is 26.2 Å². The lowest BCUT2D eigenvalue weighted by Gasteiger charge is -2.47. The minimum atomic E-state index is -2.56. The Bertz CT molecular complexity index is 772. The summed E-state index contributed by atoms with van der Waals surface area (Å²) < 4.78 is 38.8. The molecule has 6 nitrogen and oxygen atoms in total. The fourth-order valence-electron chi connectivity index (χ4n) is 7.49. The highest BCUT2D eigenvalue weighted by Gasteiger charge is 2.61. The van der Waals surface area contributed by atoms with Gasteiger partial charge < -0.3 is 26.2 Å². The van der Waals surface area contributed by atoms with E-state index in [0.29, 0.717) is 5.54 Å². The van der Waals surface area contributed by atoms with E-state index in [4.69, 9.17) is 26.2 Å². The second kappa shape index (κ2) is 11.5. The number of fused-ring (bicyclic) bond motifs is 5. The molecule has 1 heterocycles. The Morgan fingerprint density at radius 1 is 1.06 bits per heavy atom. The average molecular weight is 573 g/mol. The lowest BCUT2D eigenvalue weighted by Crippen LogP contribution is -2.60. The summed E-state index contributed by atoms with van der Waals surface area (Å²) >= 11 is 0. The maximum atomic E-state index is 7.39. The summed E-state index contributed by atoms with van der Waals surface area (Å²) in [5.41, 5.74) is 0.815. The van der Waals surface area contributed by atoms with Crippen LogP contribution in [0.15, 0.2) is 12.2 Å². The Morgan fingerprint density at radius 3 is 2.42 bits per heavy atom. The molecule has 1 aliphatic heterocycles. The van der Waals surface area contributed by atoms with Crippen molar-refractivity contribution in [3.8, 4) is 0 Å². The summed E-state index contributed by atoms with van der Waals surface area (Å²) in [6.07, 6.45) is 10.9. The van der Waals surface area contributed by atoms with Gasteiger partial charge in [-0.3, -0.25) is 0 Å². The van der Waals surface area contributed by atoms with Gasteiger partial charge in [-0.15, -0.1) is 0 Å². The lowest BCUT2D eigenvalue weighted by atomic mass is 9.81. The summed E-state index contributed by atoms with van der Waals surface area (Å²) in [4.78, 5) is 0. The van der Waals surface area contributed by atoms with Crippen LogP contribution in [0.2, 0.25) is 50.9 Å². The largest absolute Gasteiger partial charge is 0.439 e. The lowest BCUT2D eigenvalue weighted by molar-refractivity contribution is -0.150. The molecular weight excluding hydrogens is 521 g/mol. The van der Waals surface area contributed by atoms with Crippen molar-refractivity contribution in [3.63, 3.8) is 0 Å². The van der Waals surface area contributed by atoms with Crippen molar-refractivity contribution in [2.24, 2.45) is 29.1 Å². The molecule has 4 rings (SSSR count). The van der Waals surface area contributed by atoms with E-state index in [-0.39, 0.29) is 5.41 Å². The fraction of sp³-hybridized carbons (Fsp3) is 0.923. The molecule has 0 aromatic rings. The zero-order valence-corrected chi connectivity index (χ0v) is 28.3. The highest BCUT2D eigenvalue weighted by molar-refractivity contribution is 6.87. The van der Waals surface area contributed by atoms with Crippen molar-refractivity contribution in [2.45, 2.75) is 89.9 Å². The molecule has 3 aliphatic carbocycles. The van der Waals surface area contributed by atoms with Crippen molar-refractivity contribution in [2.75, 3.05) is 33.5 Å². The van der Waals surface area contributed by atoms with Crippen molar-refractivity contribution in [1.29, 1.82) is 0 Å². The number of hydrogen-bond donors (Lipinski definition) is 0. The van der Waals surface area contributed by atoms with E-state index >= 15 is 0 Å². The van der Waals surface area contributed by atoms with Crippen molar-refractivity contribution in [3.05, 3.63) is 12.2 Å². The molecule has 1 saturated heterocycles. The fourth-order valence-corrected chi connectivity index (χ4v) is 25.1. The van der Waals surface area contributed by atoms with Crippen molar-refractivity contribution < 1.29 is 26.2 Å². The minimum absolute atomic E-state index is 0.231. The first-order valence-electron chi connectivity index (χ1n) is 14.4. The Morgan fingerprint density at radius 2 is 1.81 bits per heavy atom. The van der Waals surface area contributed by atoms with Gasteiger partial charge in [0.15, 0.2) is 9.04 Å². The Hall–Kier alpha value is 0.368. The summed E-state index contributed by atoms with van der Waals surface area (Å²) in [6, 6.07) is 0.919. The van der Waals surface area contributed by atoms with E-state index < -0.39 is 34.7 Å². The maximum Gasteiger partial charge on any atom is 0.322 e. The Balaban J connectivity index is 1.45. The van der Waals surface area contributed by atoms with Crippen molar-refractivity contribution in [1.82, 2.24) is 0 Å². The topological polar surface area (TPSA) is 55.4 Å². The molecule has 3 fully saturated rings. The van der Waals surface area contributed by atoms with Crippen molar-refractivity contribution >= 4 is 34.7 Å². The molecule has 0 aromatic carbocycles. The quantitative estimate of drug-likeness (QED) is 0.137. The molecule has 208 valence electrons. The third kappa shape index (κ3) is 6.39. The molecular formula is C26H52O6Si4. The molecule has 4 aliphatic rings. The van der Waals surface area contributed by atoms with Crippen LogP contribution >= 0.6 is 0 Å². The maximum absolute atomic E-state index is 7.39. The van der Waals surface area contributed by atoms with Gasteiger partial charge in [0.25, 0.3) is 0 Å². The molecule has 7 unspecified atom stereocenters. The van der Waals surface area contributed by atoms with Gasteiger partial charge in [-0.2, -0.15) is 0 Å². The standard InChI is InChI=1S/C26H52O6Si4/c1-9-26(19-29-20-26)18-28-14-11-15-35(7,31-34(5,6)27-2)32-36(8,30-33(3)4)25-17-21-16-24(25)23-13-10-12-22(21)23/h10,12,21-25,33H,9,11,13-20H2,1-8H3. The van der Waals surface area contributed by atoms with Crippen LogP contribution in [0.25, 0.3) is 0 Å². The number of allylic oxidation sites excluding steroid dienone is 2. The van der Waals surface area contributed by atoms with Crippen LogP contribution in [0, 0.1) is 29.1 Å². The van der Waals surface area contributed by atoms with Crippen LogP contribution in [0.5, 0.6) is 0 Å². The third-order valence-electron chi connectivity index (χ3n) is 9.41. The van der Waals surface area contributed by atoms with Gasteiger partial charge in [0.1, 0.15) is 0 Å². The summed E-state index contributed by atoms with van der Waals surface area (Å²) in [7, 11) is -6.80. The van der Waals surface area contributed by atoms with Crippen LogP contribution in [0.4, 0.5) is 0 Å². The summed E-state index contributed by atoms with van der Waals surface area (Å²) in [6.45, 7) is 19.0. The Labute approximate surface area is 225 Å². The van der Waals surface area contributed by atoms with Gasteiger partial charge >= 0.3 is 25.7 Å². The first-order valence-corrected chi connectivity index (χ1v) is 24.9. The first kappa shape index (κ1) is 29.4. The normalized spacial score (nSPS) is 34.0. The van der Waals surface area contributed by atoms with Gasteiger partial charge in [0.05, 0.1) is 19.8 Å². The zero-order chi connectivity index (χ0) is 26.2. The first-order chi connectivity index (χ1) is 16.9. The van der Waals surface area contributed by atoms with E-state index in [1.54, 1.807) is 7.11 Å². The Kier molecular flexibility index (Phi) is 9.35. The van der Waals surface area contributed by atoms with Crippen LogP contribution in [0.3, 0.4) is 0 Å². The molecule has 2 bridgehead atoms. The molecule has 0 aromatic heterocycles. The zero-order valence-electron chi connectivity index (χ0n) is 24.1. The summed E-state index contributed by atoms with van der Waals surface area (Å²) in [5, 5.41) is 0. The molecule has 0 amide bonds.